The van der Waals surface area contributed by atoms with E-state index in [-0.39, 0.29) is 45.5 Å². The van der Waals surface area contributed by atoms with Gasteiger partial charge in [0.2, 0.25) is 0 Å². The van der Waals surface area contributed by atoms with Crippen LogP contribution < -0.4 is 0 Å². The Morgan fingerprint density at radius 1 is 0.917 bits per heavy atom. The third-order valence-corrected chi connectivity index (χ3v) is 15.3. The van der Waals surface area contributed by atoms with Gasteiger partial charge in [-0.3, -0.25) is 4.79 Å². The summed E-state index contributed by atoms with van der Waals surface area (Å²) in [7, 11) is 0. The number of hydrogen-bond donors (Lipinski definition) is 2. The Hall–Kier alpha value is -2.31. The average molecular weight is 672 g/mol. The van der Waals surface area contributed by atoms with E-state index in [2.05, 4.69) is 67.3 Å². The van der Waals surface area contributed by atoms with Crippen LogP contribution in [0.1, 0.15) is 82.8 Å². The molecule has 256 valence electrons. The van der Waals surface area contributed by atoms with Gasteiger partial charge in [0, 0.05) is 45.4 Å². The summed E-state index contributed by atoms with van der Waals surface area (Å²) in [6, 6.07) is 15.4. The number of fused-ring (bicyclic) bond motifs is 1. The summed E-state index contributed by atoms with van der Waals surface area (Å²) in [6.45, 7) is 7.39. The number of allylic oxidation sites excluding steroid dienone is 4. The molecule has 2 N–H and O–H groups in total. The highest BCUT2D eigenvalue weighted by Crippen LogP contribution is 2.78. The molecule has 9 rings (SSSR count). The van der Waals surface area contributed by atoms with Gasteiger partial charge in [-0.2, -0.15) is 0 Å². The molecule has 4 nitrogen and oxygen atoms in total. The molecule has 8 atom stereocenters. The van der Waals surface area contributed by atoms with E-state index in [9.17, 15) is 15.0 Å². The zero-order valence-electron chi connectivity index (χ0n) is 28.6. The van der Waals surface area contributed by atoms with Crippen molar-refractivity contribution >= 4 is 17.4 Å². The Labute approximate surface area is 290 Å². The topological polar surface area (TPSA) is 60.8 Å². The molecule has 7 aliphatic rings. The largest absolute Gasteiger partial charge is 0.393 e. The predicted octanol–water partition coefficient (Wildman–Crippen LogP) is 8.14. The normalized spacial score (nSPS) is 40.6. The van der Waals surface area contributed by atoms with Gasteiger partial charge in [0.1, 0.15) is 5.82 Å². The molecule has 8 unspecified atom stereocenters. The van der Waals surface area contributed by atoms with Gasteiger partial charge in [0.05, 0.1) is 11.7 Å². The molecule has 6 aliphatic carbocycles. The number of ketones is 1. The molecule has 3 saturated carbocycles. The van der Waals surface area contributed by atoms with Crippen molar-refractivity contribution in [3.05, 3.63) is 94.3 Å². The zero-order valence-corrected chi connectivity index (χ0v) is 29.3. The Bertz CT molecular complexity index is 1630. The standard InChI is InChI=1S/C42H51ClFNO3/c1-38-16-11-30(46)25-40(38)19-20-42(32(26-40)35(47)24-31-33(43)9-6-10-34(31)44)36(38)12-17-39(2)37(42)13-18-41(39,48)27-45-21-14-29(15-22-45)23-28-7-4-3-5-8-28/h3-10,19-20,26,29-30,36-37,46,48H,11-18,21-25,27H2,1-2H3. The van der Waals surface area contributed by atoms with Crippen molar-refractivity contribution in [2.24, 2.45) is 39.4 Å². The van der Waals surface area contributed by atoms with Crippen LogP contribution in [0.4, 0.5) is 4.39 Å². The molecule has 2 aromatic rings. The van der Waals surface area contributed by atoms with Gasteiger partial charge in [-0.15, -0.1) is 0 Å². The SMILES string of the molecule is CC12CCC(O)CC13C=CC1(C(C(=O)Cc4c(F)cccc4Cl)=C3)C2CCC2(C)C1CCC2(O)CN1CCC(Cc2ccccc2)CC1. The second kappa shape index (κ2) is 11.6. The first-order valence-corrected chi connectivity index (χ1v) is 18.9. The van der Waals surface area contributed by atoms with Gasteiger partial charge >= 0.3 is 0 Å². The third-order valence-electron chi connectivity index (χ3n) is 15.0. The van der Waals surface area contributed by atoms with Gasteiger partial charge in [-0.05, 0) is 118 Å². The highest BCUT2D eigenvalue weighted by atomic mass is 35.5. The Kier molecular flexibility index (Phi) is 7.96. The minimum absolute atomic E-state index is 0.0713. The number of aliphatic hydroxyl groups excluding tert-OH is 1. The summed E-state index contributed by atoms with van der Waals surface area (Å²) in [4.78, 5) is 17.1. The first-order chi connectivity index (χ1) is 22.9. The van der Waals surface area contributed by atoms with Gasteiger partial charge in [-0.1, -0.05) is 80.1 Å². The first-order valence-electron chi connectivity index (χ1n) is 18.5. The van der Waals surface area contributed by atoms with Crippen molar-refractivity contribution in [1.82, 2.24) is 4.90 Å². The van der Waals surface area contributed by atoms with Crippen LogP contribution in [0.5, 0.6) is 0 Å². The first kappa shape index (κ1) is 32.9. The summed E-state index contributed by atoms with van der Waals surface area (Å²) in [5.74, 6) is 0.462. The number of halogens is 2. The lowest BCUT2D eigenvalue weighted by Gasteiger charge is -2.71. The molecule has 0 radical (unpaired) electrons. The maximum Gasteiger partial charge on any atom is 0.164 e. The summed E-state index contributed by atoms with van der Waals surface area (Å²) in [6.07, 6.45) is 15.5. The second-order valence-corrected chi connectivity index (χ2v) is 17.4. The van der Waals surface area contributed by atoms with Gasteiger partial charge < -0.3 is 15.1 Å². The van der Waals surface area contributed by atoms with Crippen molar-refractivity contribution in [1.29, 1.82) is 0 Å². The van der Waals surface area contributed by atoms with E-state index in [0.29, 0.717) is 18.9 Å². The van der Waals surface area contributed by atoms with Gasteiger partial charge in [-0.25, -0.2) is 4.39 Å². The number of carbonyl (C=O) groups is 1. The minimum Gasteiger partial charge on any atom is -0.393 e. The maximum absolute atomic E-state index is 15.1. The quantitative estimate of drug-likeness (QED) is 0.292. The Morgan fingerprint density at radius 2 is 1.62 bits per heavy atom. The summed E-state index contributed by atoms with van der Waals surface area (Å²) < 4.78 is 15.1. The average Bonchev–Trinajstić information content (AvgIpc) is 3.34. The fraction of sp³-hybridized carbons (Fsp3) is 0.595. The van der Waals surface area contributed by atoms with Crippen LogP contribution in [0.3, 0.4) is 0 Å². The highest BCUT2D eigenvalue weighted by Gasteiger charge is 2.74. The van der Waals surface area contributed by atoms with Crippen LogP contribution in [0.15, 0.2) is 72.3 Å². The van der Waals surface area contributed by atoms with E-state index in [4.69, 9.17) is 11.6 Å². The number of nitrogens with zero attached hydrogens (tertiary/aromatic N) is 1. The monoisotopic (exact) mass is 671 g/mol. The number of likely N-dealkylation sites (tertiary alicyclic amines) is 1. The van der Waals surface area contributed by atoms with Crippen molar-refractivity contribution in [2.45, 2.75) is 96.2 Å². The van der Waals surface area contributed by atoms with Crippen molar-refractivity contribution < 1.29 is 19.4 Å². The molecule has 2 aromatic carbocycles. The molecule has 48 heavy (non-hydrogen) atoms. The predicted molar refractivity (Wildman–Crippen MR) is 188 cm³/mol. The molecular weight excluding hydrogens is 621 g/mol. The number of carbonyl (C=O) groups excluding carboxylic acids is 1. The second-order valence-electron chi connectivity index (χ2n) is 17.0. The van der Waals surface area contributed by atoms with Gasteiger partial charge in [0.15, 0.2) is 5.78 Å². The van der Waals surface area contributed by atoms with E-state index >= 15 is 4.39 Å². The molecule has 1 heterocycles. The number of benzene rings is 2. The fourth-order valence-corrected chi connectivity index (χ4v) is 12.5. The highest BCUT2D eigenvalue weighted by molar-refractivity contribution is 6.31. The van der Waals surface area contributed by atoms with E-state index in [1.54, 1.807) is 12.1 Å². The molecule has 4 fully saturated rings. The van der Waals surface area contributed by atoms with Crippen molar-refractivity contribution in [2.75, 3.05) is 19.6 Å². The Morgan fingerprint density at radius 3 is 2.38 bits per heavy atom. The molecule has 1 aliphatic heterocycles. The molecule has 6 heteroatoms. The fourth-order valence-electron chi connectivity index (χ4n) is 12.3. The van der Waals surface area contributed by atoms with Crippen LogP contribution in [0.25, 0.3) is 0 Å². The lowest BCUT2D eigenvalue weighted by atomic mass is 9.32. The number of Topliss-reactive ketones (excluding diaryl/α,β-unsaturated/α-hetero) is 1. The summed E-state index contributed by atoms with van der Waals surface area (Å²) >= 11 is 6.47. The molecule has 2 bridgehead atoms. The lowest BCUT2D eigenvalue weighted by Crippen LogP contribution is -2.67. The Balaban J connectivity index is 1.10. The van der Waals surface area contributed by atoms with E-state index < -0.39 is 28.4 Å². The van der Waals surface area contributed by atoms with Crippen molar-refractivity contribution in [3.63, 3.8) is 0 Å². The van der Waals surface area contributed by atoms with Crippen LogP contribution in [0.2, 0.25) is 5.02 Å². The van der Waals surface area contributed by atoms with Crippen LogP contribution >= 0.6 is 11.6 Å². The number of piperidine rings is 1. The minimum atomic E-state index is -0.851. The molecule has 0 aromatic heterocycles. The van der Waals surface area contributed by atoms with E-state index in [0.717, 1.165) is 76.5 Å². The number of β-amino-alcohol motifs (C(OH)–C–C–N with tert-alkyl or cyclic N) is 1. The third kappa shape index (κ3) is 4.73. The maximum atomic E-state index is 15.1. The van der Waals surface area contributed by atoms with Crippen LogP contribution in [-0.2, 0) is 17.6 Å². The lowest BCUT2D eigenvalue weighted by molar-refractivity contribution is -0.179. The molecule has 2 spiro atoms. The number of hydrogen-bond acceptors (Lipinski definition) is 4. The summed E-state index contributed by atoms with van der Waals surface area (Å²) in [5, 5.41) is 24.0. The van der Waals surface area contributed by atoms with Crippen molar-refractivity contribution in [3.8, 4) is 0 Å². The molecule has 0 amide bonds. The smallest absolute Gasteiger partial charge is 0.164 e. The van der Waals surface area contributed by atoms with Crippen LogP contribution in [0, 0.1) is 45.2 Å². The van der Waals surface area contributed by atoms with Crippen LogP contribution in [-0.4, -0.2) is 52.2 Å². The van der Waals surface area contributed by atoms with E-state index in [1.165, 1.54) is 11.6 Å². The summed E-state index contributed by atoms with van der Waals surface area (Å²) in [5.41, 5.74) is 0.185. The van der Waals surface area contributed by atoms with Gasteiger partial charge in [0.25, 0.3) is 0 Å². The number of rotatable bonds is 7. The molecular formula is C42H51ClFNO3. The van der Waals surface area contributed by atoms with E-state index in [1.807, 2.05) is 0 Å². The zero-order chi connectivity index (χ0) is 33.5. The molecule has 1 saturated heterocycles. The number of aliphatic hydroxyl groups is 2.